The molecule has 114 valence electrons. The average Bonchev–Trinajstić information content (AvgIpc) is 2.84. The van der Waals surface area contributed by atoms with Crippen LogP contribution in [0, 0.1) is 5.82 Å². The molecule has 1 aliphatic heterocycles. The molecule has 1 amide bonds. The van der Waals surface area contributed by atoms with E-state index in [1.165, 1.54) is 18.2 Å². The molecule has 1 saturated heterocycles. The minimum Gasteiger partial charge on any atom is -0.335 e. The van der Waals surface area contributed by atoms with E-state index in [4.69, 9.17) is 4.84 Å². The number of carbonyl (C=O) groups is 1. The summed E-state index contributed by atoms with van der Waals surface area (Å²) in [6.45, 7) is 1.85. The summed E-state index contributed by atoms with van der Waals surface area (Å²) in [5.41, 5.74) is 3.52. The van der Waals surface area contributed by atoms with Crippen molar-refractivity contribution in [3.8, 4) is 11.4 Å². The summed E-state index contributed by atoms with van der Waals surface area (Å²) in [5.74, 6) is -0.323. The first-order valence-electron chi connectivity index (χ1n) is 6.96. The van der Waals surface area contributed by atoms with E-state index < -0.39 is 5.82 Å². The van der Waals surface area contributed by atoms with Gasteiger partial charge in [0.2, 0.25) is 0 Å². The van der Waals surface area contributed by atoms with Crippen molar-refractivity contribution < 1.29 is 14.0 Å². The lowest BCUT2D eigenvalue weighted by molar-refractivity contribution is 0.0523. The average molecular weight is 302 g/mol. The van der Waals surface area contributed by atoms with Crippen LogP contribution in [0.1, 0.15) is 10.4 Å². The zero-order valence-corrected chi connectivity index (χ0v) is 11.8. The minimum atomic E-state index is -0.466. The van der Waals surface area contributed by atoms with Crippen molar-refractivity contribution in [3.05, 3.63) is 48.0 Å². The van der Waals surface area contributed by atoms with Crippen molar-refractivity contribution in [3.63, 3.8) is 0 Å². The Morgan fingerprint density at radius 1 is 1.27 bits per heavy atom. The topological polar surface area (TPSA) is 67.4 Å². The molecule has 0 aliphatic carbocycles. The molecule has 1 aliphatic rings. The summed E-state index contributed by atoms with van der Waals surface area (Å²) < 4.78 is 13.6. The normalized spacial score (nSPS) is 15.4. The molecule has 0 saturated carbocycles. The van der Waals surface area contributed by atoms with Crippen molar-refractivity contribution in [2.45, 2.75) is 0 Å². The molecule has 0 radical (unpaired) electrons. The number of hydroxylamine groups is 1. The Kier molecular flexibility index (Phi) is 4.36. The molecule has 1 aromatic carbocycles. The maximum atomic E-state index is 13.6. The van der Waals surface area contributed by atoms with Crippen LogP contribution in [0.2, 0.25) is 0 Å². The lowest BCUT2D eigenvalue weighted by atomic mass is 10.0. The molecule has 0 spiro atoms. The lowest BCUT2D eigenvalue weighted by Gasteiger charge is -2.20. The summed E-state index contributed by atoms with van der Waals surface area (Å²) in [6.07, 6.45) is 3.17. The molecule has 7 heteroatoms. The lowest BCUT2D eigenvalue weighted by Crippen LogP contribution is -2.35. The molecule has 22 heavy (non-hydrogen) atoms. The second kappa shape index (κ2) is 6.59. The third kappa shape index (κ3) is 3.10. The third-order valence-corrected chi connectivity index (χ3v) is 3.36. The van der Waals surface area contributed by atoms with Gasteiger partial charge in [0.05, 0.1) is 12.2 Å². The second-order valence-electron chi connectivity index (χ2n) is 4.80. The van der Waals surface area contributed by atoms with Gasteiger partial charge >= 0.3 is 0 Å². The Labute approximate surface area is 126 Å². The summed E-state index contributed by atoms with van der Waals surface area (Å²) >= 11 is 0. The third-order valence-electron chi connectivity index (χ3n) is 3.36. The minimum absolute atomic E-state index is 0.255. The molecule has 3 rings (SSSR count). The highest BCUT2D eigenvalue weighted by Crippen LogP contribution is 2.22. The number of hydrogen-bond acceptors (Lipinski definition) is 5. The largest absolute Gasteiger partial charge is 0.335 e. The van der Waals surface area contributed by atoms with E-state index >= 15 is 0 Å². The van der Waals surface area contributed by atoms with E-state index in [0.717, 1.165) is 0 Å². The van der Waals surface area contributed by atoms with E-state index in [1.54, 1.807) is 23.4 Å². The molecule has 0 unspecified atom stereocenters. The Morgan fingerprint density at radius 3 is 2.91 bits per heavy atom. The Bertz CT molecular complexity index is 658. The molecule has 0 atom stereocenters. The van der Waals surface area contributed by atoms with Crippen molar-refractivity contribution in [2.24, 2.45) is 0 Å². The van der Waals surface area contributed by atoms with Crippen LogP contribution in [-0.4, -0.2) is 47.0 Å². The highest BCUT2D eigenvalue weighted by atomic mass is 19.1. The Hall–Kier alpha value is -2.38. The second-order valence-corrected chi connectivity index (χ2v) is 4.80. The number of nitrogens with zero attached hydrogens (tertiary/aromatic N) is 3. The zero-order chi connectivity index (χ0) is 15.4. The first kappa shape index (κ1) is 14.6. The summed E-state index contributed by atoms with van der Waals surface area (Å²) in [4.78, 5) is 27.7. The molecule has 2 aromatic rings. The van der Waals surface area contributed by atoms with E-state index in [9.17, 15) is 9.18 Å². The standard InChI is InChI=1S/C15H15FN4O2/c16-11-2-3-12(14-17-4-1-5-18-14)13(10-11)15(21)20-7-6-19-22-9-8-20/h1-5,10,19H,6-9H2. The van der Waals surface area contributed by atoms with Gasteiger partial charge in [-0.25, -0.2) is 19.8 Å². The van der Waals surface area contributed by atoms with Crippen LogP contribution in [-0.2, 0) is 4.84 Å². The molecule has 6 nitrogen and oxygen atoms in total. The van der Waals surface area contributed by atoms with Gasteiger partial charge in [0.1, 0.15) is 5.82 Å². The Morgan fingerprint density at radius 2 is 2.09 bits per heavy atom. The highest BCUT2D eigenvalue weighted by Gasteiger charge is 2.22. The molecular weight excluding hydrogens is 287 g/mol. The first-order valence-corrected chi connectivity index (χ1v) is 6.96. The van der Waals surface area contributed by atoms with Crippen LogP contribution in [0.25, 0.3) is 11.4 Å². The van der Waals surface area contributed by atoms with Gasteiger partial charge in [0.15, 0.2) is 5.82 Å². The number of halogens is 1. The number of carbonyl (C=O) groups excluding carboxylic acids is 1. The fourth-order valence-electron chi connectivity index (χ4n) is 2.29. The van der Waals surface area contributed by atoms with E-state index in [2.05, 4.69) is 15.4 Å². The van der Waals surface area contributed by atoms with E-state index in [0.29, 0.717) is 37.6 Å². The monoisotopic (exact) mass is 302 g/mol. The van der Waals surface area contributed by atoms with Crippen LogP contribution in [0.3, 0.4) is 0 Å². The number of rotatable bonds is 2. The van der Waals surface area contributed by atoms with Gasteiger partial charge in [-0.2, -0.15) is 0 Å². The zero-order valence-electron chi connectivity index (χ0n) is 11.8. The summed E-state index contributed by atoms with van der Waals surface area (Å²) in [5, 5.41) is 0. The van der Waals surface area contributed by atoms with Crippen molar-refractivity contribution in [1.29, 1.82) is 0 Å². The van der Waals surface area contributed by atoms with Crippen LogP contribution in [0.5, 0.6) is 0 Å². The van der Waals surface area contributed by atoms with Gasteiger partial charge in [-0.15, -0.1) is 0 Å². The number of nitrogens with one attached hydrogen (secondary N) is 1. The van der Waals surface area contributed by atoms with Crippen molar-refractivity contribution in [2.75, 3.05) is 26.2 Å². The number of aromatic nitrogens is 2. The van der Waals surface area contributed by atoms with Crippen LogP contribution < -0.4 is 5.48 Å². The first-order chi connectivity index (χ1) is 10.8. The van der Waals surface area contributed by atoms with Gasteiger partial charge in [0.25, 0.3) is 5.91 Å². The summed E-state index contributed by atoms with van der Waals surface area (Å²) in [6, 6.07) is 5.75. The van der Waals surface area contributed by atoms with Gasteiger partial charge in [-0.3, -0.25) is 9.63 Å². The number of benzene rings is 1. The molecule has 2 heterocycles. The van der Waals surface area contributed by atoms with Gasteiger partial charge in [-0.1, -0.05) is 0 Å². The van der Waals surface area contributed by atoms with Gasteiger partial charge in [-0.05, 0) is 24.3 Å². The smallest absolute Gasteiger partial charge is 0.254 e. The van der Waals surface area contributed by atoms with Crippen LogP contribution in [0.15, 0.2) is 36.7 Å². The predicted octanol–water partition coefficient (Wildman–Crippen LogP) is 1.26. The van der Waals surface area contributed by atoms with Crippen LogP contribution >= 0.6 is 0 Å². The fourth-order valence-corrected chi connectivity index (χ4v) is 2.29. The van der Waals surface area contributed by atoms with Crippen molar-refractivity contribution >= 4 is 5.91 Å². The molecule has 1 aromatic heterocycles. The molecule has 1 fully saturated rings. The van der Waals surface area contributed by atoms with Gasteiger partial charge in [0, 0.05) is 37.6 Å². The molecule has 1 N–H and O–H groups in total. The number of hydrogen-bond donors (Lipinski definition) is 1. The van der Waals surface area contributed by atoms with E-state index in [1.807, 2.05) is 0 Å². The fraction of sp³-hybridized carbons (Fsp3) is 0.267. The molecular formula is C15H15FN4O2. The highest BCUT2D eigenvalue weighted by molar-refractivity contribution is 6.00. The maximum Gasteiger partial charge on any atom is 0.254 e. The summed E-state index contributed by atoms with van der Waals surface area (Å²) in [7, 11) is 0. The van der Waals surface area contributed by atoms with E-state index in [-0.39, 0.29) is 11.5 Å². The van der Waals surface area contributed by atoms with Gasteiger partial charge < -0.3 is 4.90 Å². The quantitative estimate of drug-likeness (QED) is 0.904. The van der Waals surface area contributed by atoms with Crippen molar-refractivity contribution in [1.82, 2.24) is 20.3 Å². The molecule has 0 bridgehead atoms. The maximum absolute atomic E-state index is 13.6. The SMILES string of the molecule is O=C(c1cc(F)ccc1-c1ncccn1)N1CCNOCC1. The van der Waals surface area contributed by atoms with Crippen LogP contribution in [0.4, 0.5) is 4.39 Å². The number of amides is 1. The Balaban J connectivity index is 1.98. The predicted molar refractivity (Wildman–Crippen MR) is 77.3 cm³/mol.